The number of nitrogens with two attached hydrogens (primary N) is 1. The maximum absolute atomic E-state index is 14.1. The van der Waals surface area contributed by atoms with Crippen LogP contribution in [-0.2, 0) is 0 Å². The van der Waals surface area contributed by atoms with Crippen LogP contribution in [0.3, 0.4) is 0 Å². The van der Waals surface area contributed by atoms with Gasteiger partial charge in [-0.1, -0.05) is 0 Å². The normalized spacial score (nSPS) is 26.7. The molecule has 3 atom stereocenters. The minimum atomic E-state index is -1.60. The van der Waals surface area contributed by atoms with E-state index >= 15 is 0 Å². The molecule has 0 fully saturated rings. The predicted octanol–water partition coefficient (Wildman–Crippen LogP) is -0.122. The van der Waals surface area contributed by atoms with Gasteiger partial charge < -0.3 is 20.5 Å². The fraction of sp³-hybridized carbons (Fsp3) is 0.364. The standard InChI is InChI=1S/C11H11F2N5O2/c12-1-4-5(13)7(9(20)8(4)19)18-3-17-6-10(14)15-2-16-11(6)18/h2-3,7-9,19-20H,1H2,(H2,14,15,16). The minimum Gasteiger partial charge on any atom is -0.387 e. The lowest BCUT2D eigenvalue weighted by Gasteiger charge is -2.18. The third kappa shape index (κ3) is 1.60. The molecule has 3 unspecified atom stereocenters. The van der Waals surface area contributed by atoms with Crippen LogP contribution >= 0.6 is 0 Å². The van der Waals surface area contributed by atoms with Gasteiger partial charge in [0.2, 0.25) is 0 Å². The number of alkyl halides is 1. The van der Waals surface area contributed by atoms with Gasteiger partial charge in [-0.05, 0) is 0 Å². The lowest BCUT2D eigenvalue weighted by atomic mass is 10.1. The molecule has 7 nitrogen and oxygen atoms in total. The lowest BCUT2D eigenvalue weighted by molar-refractivity contribution is 0.0279. The van der Waals surface area contributed by atoms with Crippen LogP contribution in [0.25, 0.3) is 11.2 Å². The van der Waals surface area contributed by atoms with Crippen molar-refractivity contribution in [3.05, 3.63) is 24.1 Å². The van der Waals surface area contributed by atoms with Crippen LogP contribution < -0.4 is 5.73 Å². The molecule has 9 heteroatoms. The number of nitrogen functional groups attached to an aromatic ring is 1. The number of imidazole rings is 1. The summed E-state index contributed by atoms with van der Waals surface area (Å²) in [5, 5.41) is 19.6. The second kappa shape index (κ2) is 4.46. The van der Waals surface area contributed by atoms with Crippen molar-refractivity contribution in [2.75, 3.05) is 12.4 Å². The van der Waals surface area contributed by atoms with Crippen molar-refractivity contribution in [3.63, 3.8) is 0 Å². The number of aliphatic hydroxyl groups is 2. The summed E-state index contributed by atoms with van der Waals surface area (Å²) in [5.41, 5.74) is 5.59. The van der Waals surface area contributed by atoms with Crippen LogP contribution in [0.5, 0.6) is 0 Å². The Morgan fingerprint density at radius 1 is 1.30 bits per heavy atom. The Balaban J connectivity index is 2.17. The van der Waals surface area contributed by atoms with E-state index in [9.17, 15) is 19.0 Å². The van der Waals surface area contributed by atoms with Crippen LogP contribution in [0.1, 0.15) is 6.04 Å². The van der Waals surface area contributed by atoms with E-state index in [1.165, 1.54) is 17.2 Å². The number of nitrogens with zero attached hydrogens (tertiary/aromatic N) is 4. The van der Waals surface area contributed by atoms with Gasteiger partial charge >= 0.3 is 0 Å². The van der Waals surface area contributed by atoms with Gasteiger partial charge in [0.05, 0.1) is 6.33 Å². The topological polar surface area (TPSA) is 110 Å². The molecule has 0 bridgehead atoms. The molecular formula is C11H11F2N5O2. The van der Waals surface area contributed by atoms with Gasteiger partial charge in [-0.2, -0.15) is 0 Å². The number of rotatable bonds is 2. The van der Waals surface area contributed by atoms with Gasteiger partial charge in [-0.25, -0.2) is 23.7 Å². The zero-order chi connectivity index (χ0) is 14.4. The second-order valence-electron chi connectivity index (χ2n) is 4.47. The summed E-state index contributed by atoms with van der Waals surface area (Å²) >= 11 is 0. The molecule has 2 aromatic rings. The quantitative estimate of drug-likeness (QED) is 0.708. The van der Waals surface area contributed by atoms with Gasteiger partial charge in [-0.15, -0.1) is 0 Å². The second-order valence-corrected chi connectivity index (χ2v) is 4.47. The monoisotopic (exact) mass is 283 g/mol. The number of anilines is 1. The number of aliphatic hydroxyl groups excluding tert-OH is 2. The highest BCUT2D eigenvalue weighted by atomic mass is 19.1. The highest BCUT2D eigenvalue weighted by Gasteiger charge is 2.43. The summed E-state index contributed by atoms with van der Waals surface area (Å²) < 4.78 is 28.1. The fourth-order valence-electron chi connectivity index (χ4n) is 2.36. The first kappa shape index (κ1) is 12.9. The van der Waals surface area contributed by atoms with Crippen molar-refractivity contribution in [1.82, 2.24) is 19.5 Å². The molecule has 0 amide bonds. The molecule has 20 heavy (non-hydrogen) atoms. The van der Waals surface area contributed by atoms with E-state index < -0.39 is 36.3 Å². The zero-order valence-corrected chi connectivity index (χ0v) is 10.1. The largest absolute Gasteiger partial charge is 0.387 e. The third-order valence-corrected chi connectivity index (χ3v) is 3.40. The molecule has 2 heterocycles. The number of halogens is 2. The van der Waals surface area contributed by atoms with Gasteiger partial charge in [-0.3, -0.25) is 0 Å². The molecule has 1 aliphatic rings. The lowest BCUT2D eigenvalue weighted by Crippen LogP contribution is -2.30. The maximum atomic E-state index is 14.1. The Bertz CT molecular complexity index is 701. The molecule has 0 spiro atoms. The van der Waals surface area contributed by atoms with E-state index in [4.69, 9.17) is 5.73 Å². The van der Waals surface area contributed by atoms with E-state index in [1.54, 1.807) is 0 Å². The Morgan fingerprint density at radius 2 is 2.05 bits per heavy atom. The molecule has 2 aromatic heterocycles. The summed E-state index contributed by atoms with van der Waals surface area (Å²) in [6.45, 7) is -1.18. The molecule has 3 rings (SSSR count). The van der Waals surface area contributed by atoms with Crippen molar-refractivity contribution in [2.45, 2.75) is 18.2 Å². The summed E-state index contributed by atoms with van der Waals surface area (Å²) in [5.74, 6) is -0.819. The summed E-state index contributed by atoms with van der Waals surface area (Å²) in [6.07, 6.45) is -0.724. The van der Waals surface area contributed by atoms with Crippen molar-refractivity contribution in [1.29, 1.82) is 0 Å². The first-order valence-corrected chi connectivity index (χ1v) is 5.79. The van der Waals surface area contributed by atoms with Crippen molar-refractivity contribution < 1.29 is 19.0 Å². The average molecular weight is 283 g/mol. The Labute approximate surface area is 111 Å². The third-order valence-electron chi connectivity index (χ3n) is 3.40. The van der Waals surface area contributed by atoms with E-state index in [1.807, 2.05) is 0 Å². The molecule has 0 aromatic carbocycles. The molecule has 0 radical (unpaired) electrons. The summed E-state index contributed by atoms with van der Waals surface area (Å²) in [7, 11) is 0. The van der Waals surface area contributed by atoms with Crippen LogP contribution in [0.2, 0.25) is 0 Å². The Hall–Kier alpha value is -2.13. The highest BCUT2D eigenvalue weighted by Crippen LogP contribution is 2.38. The van der Waals surface area contributed by atoms with Crippen molar-refractivity contribution in [3.8, 4) is 0 Å². The van der Waals surface area contributed by atoms with E-state index in [0.717, 1.165) is 0 Å². The van der Waals surface area contributed by atoms with Crippen LogP contribution in [0, 0.1) is 0 Å². The molecule has 0 saturated carbocycles. The Kier molecular flexibility index (Phi) is 2.87. The molecule has 106 valence electrons. The molecule has 4 N–H and O–H groups in total. The Morgan fingerprint density at radius 3 is 2.70 bits per heavy atom. The fourth-order valence-corrected chi connectivity index (χ4v) is 2.36. The highest BCUT2D eigenvalue weighted by molar-refractivity contribution is 5.81. The SMILES string of the molecule is Nc1ncnc2c1ncn2C1C(F)=C(CF)C(O)C1O. The predicted molar refractivity (Wildman–Crippen MR) is 64.9 cm³/mol. The van der Waals surface area contributed by atoms with E-state index in [-0.39, 0.29) is 17.0 Å². The van der Waals surface area contributed by atoms with E-state index in [0.29, 0.717) is 0 Å². The number of aromatic nitrogens is 4. The average Bonchev–Trinajstić information content (AvgIpc) is 2.92. The van der Waals surface area contributed by atoms with Crippen LogP contribution in [0.4, 0.5) is 14.6 Å². The summed E-state index contributed by atoms with van der Waals surface area (Å²) in [4.78, 5) is 11.6. The van der Waals surface area contributed by atoms with Crippen molar-refractivity contribution in [2.24, 2.45) is 0 Å². The van der Waals surface area contributed by atoms with Crippen LogP contribution in [0.15, 0.2) is 24.1 Å². The zero-order valence-electron chi connectivity index (χ0n) is 10.1. The molecule has 0 aliphatic heterocycles. The number of hydrogen-bond donors (Lipinski definition) is 3. The van der Waals surface area contributed by atoms with Crippen LogP contribution in [-0.4, -0.2) is 48.6 Å². The first-order valence-electron chi connectivity index (χ1n) is 5.79. The molecule has 0 saturated heterocycles. The molecular weight excluding hydrogens is 272 g/mol. The summed E-state index contributed by atoms with van der Waals surface area (Å²) in [6, 6.07) is -1.28. The van der Waals surface area contributed by atoms with E-state index in [2.05, 4.69) is 15.0 Å². The van der Waals surface area contributed by atoms with Gasteiger partial charge in [0.1, 0.15) is 42.6 Å². The smallest absolute Gasteiger partial charge is 0.166 e. The minimum absolute atomic E-state index is 0.108. The molecule has 1 aliphatic carbocycles. The maximum Gasteiger partial charge on any atom is 0.166 e. The van der Waals surface area contributed by atoms with Gasteiger partial charge in [0, 0.05) is 5.57 Å². The number of fused-ring (bicyclic) bond motifs is 1. The first-order chi connectivity index (χ1) is 9.56. The van der Waals surface area contributed by atoms with Crippen molar-refractivity contribution >= 4 is 17.0 Å². The van der Waals surface area contributed by atoms with Gasteiger partial charge in [0.25, 0.3) is 0 Å². The number of hydrogen-bond acceptors (Lipinski definition) is 6. The van der Waals surface area contributed by atoms with Gasteiger partial charge in [0.15, 0.2) is 11.5 Å².